The van der Waals surface area contributed by atoms with Crippen molar-refractivity contribution in [2.45, 2.75) is 153 Å². The Balaban J connectivity index is 0.000000228. The molecular formula is C77H92N20O4S4. The molecule has 12 aromatic heterocycles. The van der Waals surface area contributed by atoms with Gasteiger partial charge in [0.2, 0.25) is 0 Å². The normalized spacial score (nSPS) is 14.8. The molecule has 16 rings (SSSR count). The zero-order valence-electron chi connectivity index (χ0n) is 58.3. The predicted octanol–water partition coefficient (Wildman–Crippen LogP) is 17.9. The molecule has 4 aliphatic carbocycles. The van der Waals surface area contributed by atoms with Crippen LogP contribution in [0.15, 0.2) is 97.6 Å². The van der Waals surface area contributed by atoms with Crippen molar-refractivity contribution in [1.29, 1.82) is 0 Å². The molecule has 4 saturated carbocycles. The average molecular weight is 1490 g/mol. The Morgan fingerprint density at radius 2 is 0.714 bits per heavy atom. The summed E-state index contributed by atoms with van der Waals surface area (Å²) < 4.78 is 0. The molecule has 12 heterocycles. The Kier molecular flexibility index (Phi) is 22.8. The van der Waals surface area contributed by atoms with Crippen LogP contribution in [-0.2, 0) is 0 Å². The van der Waals surface area contributed by atoms with Crippen LogP contribution in [0.2, 0.25) is 0 Å². The van der Waals surface area contributed by atoms with Crippen molar-refractivity contribution < 1.29 is 30.4 Å². The standard InChI is InChI=1S/2C20H21N5OS.C19H19N5OS.C18H17N5OS.7H2/c1-4-12-10-21-20(16-8-7-15(27-16)18(26)11(2)3)23-19(12)22-17-9-14(24-25-17)13-5-6-13;1-3-5-15(26)16-8-9-17(27-16)20-21-11-12(4-2)19(23-20)22-18-10-14(24-25-18)13-6-7-13;1-3-11-10-20-19(16-8-7-15(26-16)14(25)4-2)22-18(11)21-17-9-13(23-24-17)12-5-6-12;1-3-11-9-19-18(15-7-6-14(25-15)10(2)24)21-17(11)20-16-8-13(22-23-16)12-4-5-12;;;;;;;/h1,7-11,13,18,26H,5-6H2,2-3H3,(H2,21,22,23,24,25);2,8-11,13,15,26H,3,5-7H2,1H3,(H2,21,22,23,24,25);1,7-10,12,14,25H,4-6H2,2H3,(H2,20,21,22,23,24);1,6-10,12,24H,4-5H2,2H3,(H2,19,20,21,22,23);7*1H/t18-;15-;14-;10-;;;;;;;/m1111......./s1. The lowest BCUT2D eigenvalue weighted by atomic mass is 10.1. The van der Waals surface area contributed by atoms with Crippen molar-refractivity contribution in [2.24, 2.45) is 5.92 Å². The predicted molar refractivity (Wildman–Crippen MR) is 429 cm³/mol. The van der Waals surface area contributed by atoms with Crippen LogP contribution in [0.25, 0.3) is 42.8 Å². The van der Waals surface area contributed by atoms with Gasteiger partial charge in [0, 0.05) is 125 Å². The van der Waals surface area contributed by atoms with Gasteiger partial charge in [-0.1, -0.05) is 57.8 Å². The summed E-state index contributed by atoms with van der Waals surface area (Å²) in [5.74, 6) is 20.3. The lowest BCUT2D eigenvalue weighted by molar-refractivity contribution is 0.130. The Morgan fingerprint density at radius 3 is 0.981 bits per heavy atom. The van der Waals surface area contributed by atoms with Gasteiger partial charge < -0.3 is 41.7 Å². The summed E-state index contributed by atoms with van der Waals surface area (Å²) in [6.45, 7) is 9.72. The summed E-state index contributed by atoms with van der Waals surface area (Å²) in [5.41, 5.74) is 6.87. The number of terminal acetylenes is 4. The summed E-state index contributed by atoms with van der Waals surface area (Å²) in [5, 5.41) is 82.3. The second-order valence-corrected chi connectivity index (χ2v) is 30.7. The van der Waals surface area contributed by atoms with Crippen LogP contribution >= 0.6 is 45.3 Å². The highest BCUT2D eigenvalue weighted by Crippen LogP contribution is 2.44. The number of hydrogen-bond donors (Lipinski definition) is 12. The van der Waals surface area contributed by atoms with E-state index in [2.05, 4.69) is 133 Å². The molecule has 0 radical (unpaired) electrons. The third kappa shape index (κ3) is 18.2. The van der Waals surface area contributed by atoms with Gasteiger partial charge in [-0.05, 0) is 126 Å². The molecular weight excluding hydrogens is 1400 g/mol. The van der Waals surface area contributed by atoms with E-state index in [1.807, 2.05) is 93.6 Å². The third-order valence-electron chi connectivity index (χ3n) is 17.6. The van der Waals surface area contributed by atoms with Crippen LogP contribution in [-0.4, -0.2) is 101 Å². The van der Waals surface area contributed by atoms with E-state index in [9.17, 15) is 20.4 Å². The molecule has 0 bridgehead atoms. The highest BCUT2D eigenvalue weighted by Gasteiger charge is 2.30. The first kappa shape index (κ1) is 72.6. The quantitative estimate of drug-likeness (QED) is 0.0250. The molecule has 4 atom stereocenters. The summed E-state index contributed by atoms with van der Waals surface area (Å²) in [6, 6.07) is 23.3. The summed E-state index contributed by atoms with van der Waals surface area (Å²) in [6.07, 6.45) is 39.0. The third-order valence-corrected chi connectivity index (χ3v) is 22.3. The first-order valence-corrected chi connectivity index (χ1v) is 38.1. The summed E-state index contributed by atoms with van der Waals surface area (Å²) >= 11 is 5.94. The topological polar surface area (TPSA) is 347 Å². The van der Waals surface area contributed by atoms with E-state index in [-0.39, 0.29) is 15.9 Å². The molecule has 28 heteroatoms. The number of aromatic nitrogens is 16. The number of nitrogens with zero attached hydrogens (tertiary/aromatic N) is 12. The lowest BCUT2D eigenvalue weighted by Crippen LogP contribution is -2.02. The Hall–Kier alpha value is -10.8. The Morgan fingerprint density at radius 1 is 0.429 bits per heavy atom. The van der Waals surface area contributed by atoms with Crippen LogP contribution in [0.5, 0.6) is 0 Å². The van der Waals surface area contributed by atoms with Gasteiger partial charge in [0.25, 0.3) is 0 Å². The van der Waals surface area contributed by atoms with E-state index in [1.54, 1.807) is 31.7 Å². The van der Waals surface area contributed by atoms with Gasteiger partial charge in [-0.25, -0.2) is 39.9 Å². The van der Waals surface area contributed by atoms with E-state index in [4.69, 9.17) is 25.7 Å². The maximum Gasteiger partial charge on any atom is 0.171 e. The average Bonchev–Trinajstić information content (AvgIpc) is 1.60. The molecule has 0 amide bonds. The summed E-state index contributed by atoms with van der Waals surface area (Å²) in [7, 11) is 0. The largest absolute Gasteiger partial charge is 0.388 e. The lowest BCUT2D eigenvalue weighted by Gasteiger charge is -2.11. The Bertz CT molecular complexity index is 5200. The van der Waals surface area contributed by atoms with Crippen LogP contribution < -0.4 is 21.3 Å². The van der Waals surface area contributed by atoms with Gasteiger partial charge in [-0.15, -0.1) is 71.0 Å². The fraction of sp³-hybridized carbons (Fsp3) is 0.325. The van der Waals surface area contributed by atoms with Crippen molar-refractivity contribution in [3.63, 3.8) is 0 Å². The van der Waals surface area contributed by atoms with Crippen LogP contribution in [0.3, 0.4) is 0 Å². The van der Waals surface area contributed by atoms with Gasteiger partial charge in [-0.2, -0.15) is 20.4 Å². The van der Waals surface area contributed by atoms with Gasteiger partial charge in [-0.3, -0.25) is 20.4 Å². The Labute approximate surface area is 634 Å². The second kappa shape index (κ2) is 32.9. The maximum absolute atomic E-state index is 10.3. The van der Waals surface area contributed by atoms with E-state index in [0.717, 1.165) is 74.6 Å². The van der Waals surface area contributed by atoms with E-state index < -0.39 is 24.4 Å². The molecule has 24 nitrogen and oxygen atoms in total. The van der Waals surface area contributed by atoms with Gasteiger partial charge in [0.05, 0.1) is 66.2 Å². The van der Waals surface area contributed by atoms with Crippen molar-refractivity contribution in [2.75, 3.05) is 21.3 Å². The number of H-pyrrole nitrogens is 4. The van der Waals surface area contributed by atoms with E-state index >= 15 is 0 Å². The van der Waals surface area contributed by atoms with Crippen molar-refractivity contribution >= 4 is 91.9 Å². The van der Waals surface area contributed by atoms with Crippen LogP contribution in [0, 0.1) is 55.3 Å². The first-order chi connectivity index (χ1) is 51.0. The number of thiophene rings is 4. The molecule has 0 aromatic carbocycles. The smallest absolute Gasteiger partial charge is 0.171 e. The zero-order valence-corrected chi connectivity index (χ0v) is 61.6. The fourth-order valence-electron chi connectivity index (χ4n) is 10.9. The molecule has 12 N–H and O–H groups in total. The number of nitrogens with one attached hydrogen (secondary N) is 8. The van der Waals surface area contributed by atoms with Gasteiger partial charge in [0.1, 0.15) is 0 Å². The van der Waals surface area contributed by atoms with Crippen molar-refractivity contribution in [3.8, 4) is 92.2 Å². The minimum Gasteiger partial charge on any atom is -0.388 e. The van der Waals surface area contributed by atoms with Crippen molar-refractivity contribution in [1.82, 2.24) is 80.7 Å². The van der Waals surface area contributed by atoms with Crippen LogP contribution in [0.4, 0.5) is 46.5 Å². The zero-order chi connectivity index (χ0) is 73.3. The number of aromatic amines is 4. The minimum atomic E-state index is -0.508. The van der Waals surface area contributed by atoms with Crippen molar-refractivity contribution in [3.05, 3.63) is 162 Å². The molecule has 4 aliphatic rings. The van der Waals surface area contributed by atoms with Gasteiger partial charge >= 0.3 is 0 Å². The SMILES string of the molecule is C#Cc1cnc(-c2ccc([C@@H](C)O)s2)nc1Nc1cc(C2CC2)[nH]n1.C#Cc1cnc(-c2ccc([C@H](O)C(C)C)s2)nc1Nc1cc(C2CC2)[nH]n1.C#Cc1cnc(-c2ccc([C@H](O)CC)s2)nc1Nc1cc(C2CC2)[nH]n1.C#Cc1cnc(-c2ccc([C@H](O)CCC)s2)nc1Nc1cc(C2CC2)[nH]n1.[HH].[HH].[HH].[HH].[HH].[HH].[HH]. The van der Waals surface area contributed by atoms with E-state index in [0.29, 0.717) is 122 Å². The highest BCUT2D eigenvalue weighted by atomic mass is 32.1. The molecule has 0 spiro atoms. The molecule has 548 valence electrons. The first-order valence-electron chi connectivity index (χ1n) is 34.8. The number of hydrogen-bond acceptors (Lipinski definition) is 24. The molecule has 4 fully saturated rings. The fourth-order valence-corrected chi connectivity index (χ4v) is 14.9. The van der Waals surface area contributed by atoms with Gasteiger partial charge in [0.15, 0.2) is 69.8 Å². The monoisotopic (exact) mass is 1490 g/mol. The number of anilines is 8. The molecule has 0 unspecified atom stereocenters. The highest BCUT2D eigenvalue weighted by molar-refractivity contribution is 7.16. The number of aliphatic hydroxyl groups excluding tert-OH is 4. The summed E-state index contributed by atoms with van der Waals surface area (Å²) in [4.78, 5) is 43.0. The minimum absolute atomic E-state index is 0. The number of aliphatic hydroxyl groups is 4. The molecule has 12 aromatic rings. The molecule has 0 saturated heterocycles. The molecule has 0 aliphatic heterocycles. The maximum atomic E-state index is 10.3. The van der Waals surface area contributed by atoms with Crippen LogP contribution in [0.1, 0.15) is 228 Å². The van der Waals surface area contributed by atoms with E-state index in [1.165, 1.54) is 96.7 Å². The number of rotatable bonds is 24. The molecule has 105 heavy (non-hydrogen) atoms. The second-order valence-electron chi connectivity index (χ2n) is 26.2.